The van der Waals surface area contributed by atoms with Crippen molar-refractivity contribution in [2.45, 2.75) is 181 Å². The lowest BCUT2D eigenvalue weighted by Crippen LogP contribution is -2.67. The first kappa shape index (κ1) is 42.3. The number of ether oxygens (including phenoxy) is 9. The molecule has 5 fully saturated rings. The Hall–Kier alpha value is -0.880. The molecule has 25 atom stereocenters. The Morgan fingerprint density at radius 3 is 1.33 bits per heavy atom. The molecule has 5 aliphatic heterocycles. The first-order valence-corrected chi connectivity index (χ1v) is 17.0. The molecule has 5 aliphatic rings. The standard InChI is InChI=1S/C30H52O22/c1-6-12(33)16(37)25(26(43)44-6)52-28-20(41)17(38)22(8(3)46-28)49-30-21(42)24(51-29-19(40)15(36)13(34)10(5-31)48-29)23(9(4)47-30)50-27-18(39)14(35)11(32)7(2)45-27/h6-43H,5H2,1-4H3/t6-,7+,8+,9+,10-,11+,12-,13-,14-,15+,16+,17+,18-,19-,20-,21-,22+,23+,24+,25-,26?,27+,28+,29+,30+/m1/s1. The van der Waals surface area contributed by atoms with E-state index in [0.717, 1.165) is 0 Å². The summed E-state index contributed by atoms with van der Waals surface area (Å²) in [7, 11) is 0. The highest BCUT2D eigenvalue weighted by molar-refractivity contribution is 4.98. The molecule has 0 bridgehead atoms. The third kappa shape index (κ3) is 8.29. The Labute approximate surface area is 297 Å². The van der Waals surface area contributed by atoms with Crippen molar-refractivity contribution in [3.8, 4) is 0 Å². The van der Waals surface area contributed by atoms with Gasteiger partial charge in [-0.1, -0.05) is 0 Å². The second-order valence-electron chi connectivity index (χ2n) is 13.9. The van der Waals surface area contributed by atoms with Crippen LogP contribution in [0.1, 0.15) is 27.7 Å². The van der Waals surface area contributed by atoms with E-state index in [1.54, 1.807) is 0 Å². The van der Waals surface area contributed by atoms with Crippen LogP contribution >= 0.6 is 0 Å². The summed E-state index contributed by atoms with van der Waals surface area (Å²) in [6.45, 7) is 4.81. The van der Waals surface area contributed by atoms with Crippen LogP contribution in [-0.4, -0.2) is 227 Å². The molecule has 13 N–H and O–H groups in total. The van der Waals surface area contributed by atoms with Gasteiger partial charge in [0.2, 0.25) is 0 Å². The number of aliphatic hydroxyl groups excluding tert-OH is 13. The fraction of sp³-hybridized carbons (Fsp3) is 1.00. The zero-order valence-corrected chi connectivity index (χ0v) is 28.6. The molecule has 0 saturated carbocycles. The minimum Gasteiger partial charge on any atom is -0.394 e. The van der Waals surface area contributed by atoms with Crippen molar-refractivity contribution in [1.29, 1.82) is 0 Å². The van der Waals surface area contributed by atoms with Crippen molar-refractivity contribution in [1.82, 2.24) is 0 Å². The van der Waals surface area contributed by atoms with Crippen LogP contribution in [0.2, 0.25) is 0 Å². The lowest BCUT2D eigenvalue weighted by molar-refractivity contribution is -0.398. The molecule has 0 aliphatic carbocycles. The molecular weight excluding hydrogens is 712 g/mol. The molecule has 5 heterocycles. The summed E-state index contributed by atoms with van der Waals surface area (Å²) in [6.07, 6.45) is -39.9. The van der Waals surface area contributed by atoms with E-state index in [1.807, 2.05) is 0 Å². The third-order valence-electron chi connectivity index (χ3n) is 10.2. The molecule has 0 aromatic heterocycles. The van der Waals surface area contributed by atoms with Crippen molar-refractivity contribution >= 4 is 0 Å². The Morgan fingerprint density at radius 1 is 0.346 bits per heavy atom. The molecule has 0 spiro atoms. The topological polar surface area (TPSA) is 346 Å². The predicted molar refractivity (Wildman–Crippen MR) is 161 cm³/mol. The molecule has 52 heavy (non-hydrogen) atoms. The maximum Gasteiger partial charge on any atom is 0.187 e. The van der Waals surface area contributed by atoms with Gasteiger partial charge in [-0.2, -0.15) is 0 Å². The van der Waals surface area contributed by atoms with Crippen molar-refractivity contribution < 1.29 is 109 Å². The zero-order chi connectivity index (χ0) is 38.5. The first-order chi connectivity index (χ1) is 24.4. The molecule has 0 aromatic carbocycles. The molecular formula is C30H52O22. The van der Waals surface area contributed by atoms with Crippen LogP contribution in [0.4, 0.5) is 0 Å². The molecule has 5 saturated heterocycles. The molecule has 5 rings (SSSR count). The van der Waals surface area contributed by atoms with E-state index in [2.05, 4.69) is 0 Å². The van der Waals surface area contributed by atoms with Gasteiger partial charge in [-0.3, -0.25) is 0 Å². The second-order valence-corrected chi connectivity index (χ2v) is 13.9. The van der Waals surface area contributed by atoms with Gasteiger partial charge in [-0.05, 0) is 27.7 Å². The van der Waals surface area contributed by atoms with E-state index in [4.69, 9.17) is 42.6 Å². The maximum atomic E-state index is 11.6. The van der Waals surface area contributed by atoms with Gasteiger partial charge in [-0.15, -0.1) is 0 Å². The largest absolute Gasteiger partial charge is 0.394 e. The Bertz CT molecular complexity index is 1140. The van der Waals surface area contributed by atoms with E-state index in [-0.39, 0.29) is 0 Å². The quantitative estimate of drug-likeness (QED) is 0.104. The van der Waals surface area contributed by atoms with Crippen molar-refractivity contribution in [2.75, 3.05) is 6.61 Å². The Morgan fingerprint density at radius 2 is 0.731 bits per heavy atom. The normalized spacial score (nSPS) is 56.4. The summed E-state index contributed by atoms with van der Waals surface area (Å²) in [4.78, 5) is 0. The fourth-order valence-electron chi connectivity index (χ4n) is 6.84. The average Bonchev–Trinajstić information content (AvgIpc) is 3.10. The summed E-state index contributed by atoms with van der Waals surface area (Å²) in [6, 6.07) is 0. The second kappa shape index (κ2) is 17.1. The summed E-state index contributed by atoms with van der Waals surface area (Å²) >= 11 is 0. The van der Waals surface area contributed by atoms with Crippen molar-refractivity contribution in [3.05, 3.63) is 0 Å². The molecule has 0 aromatic rings. The average molecular weight is 765 g/mol. The van der Waals surface area contributed by atoms with Crippen LogP contribution in [-0.2, 0) is 42.6 Å². The minimum absolute atomic E-state index is 0.806. The first-order valence-electron chi connectivity index (χ1n) is 17.0. The summed E-state index contributed by atoms with van der Waals surface area (Å²) in [5, 5.41) is 136. The Balaban J connectivity index is 1.34. The summed E-state index contributed by atoms with van der Waals surface area (Å²) in [5.74, 6) is 0. The van der Waals surface area contributed by atoms with E-state index < -0.39 is 160 Å². The predicted octanol–water partition coefficient (Wildman–Crippen LogP) is -7.81. The maximum absolute atomic E-state index is 11.6. The zero-order valence-electron chi connectivity index (χ0n) is 28.6. The minimum atomic E-state index is -1.94. The van der Waals surface area contributed by atoms with Crippen LogP contribution in [0.25, 0.3) is 0 Å². The molecule has 1 unspecified atom stereocenters. The van der Waals surface area contributed by atoms with E-state index in [1.165, 1.54) is 27.7 Å². The van der Waals surface area contributed by atoms with Gasteiger partial charge in [0.15, 0.2) is 31.5 Å². The highest BCUT2D eigenvalue weighted by atomic mass is 16.8. The number of rotatable bonds is 9. The van der Waals surface area contributed by atoms with E-state index in [9.17, 15) is 66.4 Å². The molecule has 304 valence electrons. The van der Waals surface area contributed by atoms with Crippen LogP contribution in [0.15, 0.2) is 0 Å². The lowest BCUT2D eigenvalue weighted by Gasteiger charge is -2.50. The lowest BCUT2D eigenvalue weighted by atomic mass is 9.95. The van der Waals surface area contributed by atoms with Gasteiger partial charge in [0, 0.05) is 0 Å². The van der Waals surface area contributed by atoms with Crippen LogP contribution in [0, 0.1) is 0 Å². The monoisotopic (exact) mass is 764 g/mol. The summed E-state index contributed by atoms with van der Waals surface area (Å²) in [5.41, 5.74) is 0. The summed E-state index contributed by atoms with van der Waals surface area (Å²) < 4.78 is 50.9. The third-order valence-corrected chi connectivity index (χ3v) is 10.2. The van der Waals surface area contributed by atoms with Gasteiger partial charge in [0.05, 0.1) is 31.0 Å². The van der Waals surface area contributed by atoms with Gasteiger partial charge < -0.3 is 109 Å². The molecule has 22 nitrogen and oxygen atoms in total. The van der Waals surface area contributed by atoms with Gasteiger partial charge in [0.1, 0.15) is 97.7 Å². The van der Waals surface area contributed by atoms with Crippen LogP contribution < -0.4 is 0 Å². The number of aliphatic hydroxyl groups is 13. The highest BCUT2D eigenvalue weighted by Gasteiger charge is 2.56. The number of hydrogen-bond acceptors (Lipinski definition) is 22. The van der Waals surface area contributed by atoms with Crippen molar-refractivity contribution in [2.24, 2.45) is 0 Å². The van der Waals surface area contributed by atoms with E-state index in [0.29, 0.717) is 0 Å². The highest BCUT2D eigenvalue weighted by Crippen LogP contribution is 2.36. The molecule has 0 radical (unpaired) electrons. The number of hydrogen-bond donors (Lipinski definition) is 13. The Kier molecular flexibility index (Phi) is 13.9. The van der Waals surface area contributed by atoms with Gasteiger partial charge >= 0.3 is 0 Å². The molecule has 0 amide bonds. The van der Waals surface area contributed by atoms with Gasteiger partial charge in [-0.25, -0.2) is 0 Å². The van der Waals surface area contributed by atoms with Crippen LogP contribution in [0.3, 0.4) is 0 Å². The smallest absolute Gasteiger partial charge is 0.187 e. The van der Waals surface area contributed by atoms with Crippen molar-refractivity contribution in [3.63, 3.8) is 0 Å². The van der Waals surface area contributed by atoms with Gasteiger partial charge in [0.25, 0.3) is 0 Å². The fourth-order valence-corrected chi connectivity index (χ4v) is 6.84. The SMILES string of the molecule is C[C@@H]1O[C@@H](O[C@@H]2[C@@H](O[C@@H]3O[C@H](CO)[C@@H](O)[C@H](O)[C@H]3O)[C@@H](O)[C@H](O[C@@H]3[C@@H](O)[C@@H](O)[C@H](O[C@H]4C(O)O[C@H](C)[C@@H](O)[C@@H]4O)O[C@H]3C)O[C@H]2C)[C@H](O)[C@H](O)[C@H]1O. The van der Waals surface area contributed by atoms with Crippen LogP contribution in [0.5, 0.6) is 0 Å². The molecule has 22 heteroatoms. The van der Waals surface area contributed by atoms with E-state index >= 15 is 0 Å².